The smallest absolute Gasteiger partial charge is 0.261 e. The van der Waals surface area contributed by atoms with Crippen molar-refractivity contribution in [3.63, 3.8) is 0 Å². The first-order valence-electron chi connectivity index (χ1n) is 12.4. The van der Waals surface area contributed by atoms with Gasteiger partial charge in [-0.2, -0.15) is 0 Å². The first-order valence-corrected chi connectivity index (χ1v) is 12.4. The predicted octanol–water partition coefficient (Wildman–Crippen LogP) is 4.94. The number of ether oxygens (including phenoxy) is 2. The van der Waals surface area contributed by atoms with Crippen molar-refractivity contribution in [3.8, 4) is 11.5 Å². The van der Waals surface area contributed by atoms with Gasteiger partial charge >= 0.3 is 0 Å². The number of hydrogen-bond acceptors (Lipinski definition) is 4. The van der Waals surface area contributed by atoms with E-state index in [0.717, 1.165) is 29.5 Å². The van der Waals surface area contributed by atoms with Gasteiger partial charge in [-0.1, -0.05) is 80.1 Å². The number of para-hydroxylation sites is 2. The minimum Gasteiger partial charge on any atom is -0.493 e. The van der Waals surface area contributed by atoms with Crippen LogP contribution in [-0.2, 0) is 22.6 Å². The topological polar surface area (TPSA) is 67.9 Å². The van der Waals surface area contributed by atoms with Crippen molar-refractivity contribution in [2.24, 2.45) is 0 Å². The van der Waals surface area contributed by atoms with Gasteiger partial charge in [0.15, 0.2) is 18.1 Å². The van der Waals surface area contributed by atoms with Crippen molar-refractivity contribution in [1.82, 2.24) is 10.2 Å². The Bertz CT molecular complexity index is 1120. The van der Waals surface area contributed by atoms with Crippen LogP contribution in [0.1, 0.15) is 36.5 Å². The summed E-state index contributed by atoms with van der Waals surface area (Å²) in [5, 5.41) is 3.04. The molecule has 3 aromatic rings. The zero-order valence-electron chi connectivity index (χ0n) is 21.4. The molecule has 0 heterocycles. The Morgan fingerprint density at radius 1 is 0.917 bits per heavy atom. The highest BCUT2D eigenvalue weighted by molar-refractivity contribution is 5.88. The fraction of sp³-hybridized carbons (Fsp3) is 0.333. The normalized spacial score (nSPS) is 11.4. The second kappa shape index (κ2) is 13.9. The summed E-state index contributed by atoms with van der Waals surface area (Å²) in [5.74, 6) is 0.604. The van der Waals surface area contributed by atoms with E-state index in [4.69, 9.17) is 9.47 Å². The SMILES string of the molecule is CCCCNC(=O)C(Cc1ccccc1)N(Cc1ccccc1C)C(=O)COc1ccccc1OC. The summed E-state index contributed by atoms with van der Waals surface area (Å²) in [6.45, 7) is 4.76. The molecule has 1 unspecified atom stereocenters. The van der Waals surface area contributed by atoms with E-state index in [0.29, 0.717) is 31.0 Å². The lowest BCUT2D eigenvalue weighted by molar-refractivity contribution is -0.142. The van der Waals surface area contributed by atoms with E-state index < -0.39 is 6.04 Å². The highest BCUT2D eigenvalue weighted by Gasteiger charge is 2.31. The summed E-state index contributed by atoms with van der Waals surface area (Å²) in [5.41, 5.74) is 3.04. The molecule has 0 fully saturated rings. The highest BCUT2D eigenvalue weighted by atomic mass is 16.5. The molecule has 0 aliphatic rings. The first-order chi connectivity index (χ1) is 17.5. The fourth-order valence-electron chi connectivity index (χ4n) is 3.99. The van der Waals surface area contributed by atoms with Crippen LogP contribution in [0.5, 0.6) is 11.5 Å². The Hall–Kier alpha value is -3.80. The van der Waals surface area contributed by atoms with E-state index in [1.54, 1.807) is 24.1 Å². The molecule has 6 heteroatoms. The number of carbonyl (C=O) groups excluding carboxylic acids is 2. The number of amides is 2. The number of carbonyl (C=O) groups is 2. The Morgan fingerprint density at radius 2 is 1.58 bits per heavy atom. The largest absolute Gasteiger partial charge is 0.493 e. The molecular weight excluding hydrogens is 452 g/mol. The molecule has 0 saturated heterocycles. The number of nitrogens with one attached hydrogen (secondary N) is 1. The van der Waals surface area contributed by atoms with E-state index in [1.165, 1.54) is 0 Å². The molecule has 0 aliphatic carbocycles. The minimum atomic E-state index is -0.683. The van der Waals surface area contributed by atoms with Crippen LogP contribution < -0.4 is 14.8 Å². The van der Waals surface area contributed by atoms with Crippen LogP contribution in [0.2, 0.25) is 0 Å². The third-order valence-electron chi connectivity index (χ3n) is 6.12. The van der Waals surface area contributed by atoms with Crippen LogP contribution in [-0.4, -0.2) is 43.0 Å². The first kappa shape index (κ1) is 26.8. The molecule has 3 aromatic carbocycles. The molecule has 36 heavy (non-hydrogen) atoms. The average molecular weight is 489 g/mol. The summed E-state index contributed by atoms with van der Waals surface area (Å²) < 4.78 is 11.2. The van der Waals surface area contributed by atoms with Gasteiger partial charge in [-0.3, -0.25) is 9.59 Å². The molecule has 0 bridgehead atoms. The number of hydrogen-bond donors (Lipinski definition) is 1. The van der Waals surface area contributed by atoms with Crippen molar-refractivity contribution in [2.45, 2.75) is 45.7 Å². The highest BCUT2D eigenvalue weighted by Crippen LogP contribution is 2.26. The predicted molar refractivity (Wildman–Crippen MR) is 142 cm³/mol. The van der Waals surface area contributed by atoms with E-state index in [2.05, 4.69) is 12.2 Å². The van der Waals surface area contributed by atoms with E-state index >= 15 is 0 Å². The van der Waals surface area contributed by atoms with Crippen molar-refractivity contribution in [1.29, 1.82) is 0 Å². The number of aryl methyl sites for hydroxylation is 1. The quantitative estimate of drug-likeness (QED) is 0.346. The molecule has 0 aromatic heterocycles. The van der Waals surface area contributed by atoms with Gasteiger partial charge in [-0.15, -0.1) is 0 Å². The second-order valence-corrected chi connectivity index (χ2v) is 8.74. The van der Waals surface area contributed by atoms with Crippen molar-refractivity contribution >= 4 is 11.8 Å². The lowest BCUT2D eigenvalue weighted by Crippen LogP contribution is -2.52. The van der Waals surface area contributed by atoms with Crippen LogP contribution in [0, 0.1) is 6.92 Å². The number of rotatable bonds is 13. The zero-order valence-corrected chi connectivity index (χ0v) is 21.4. The van der Waals surface area contributed by atoms with Gasteiger partial charge in [0, 0.05) is 19.5 Å². The monoisotopic (exact) mass is 488 g/mol. The van der Waals surface area contributed by atoms with Crippen molar-refractivity contribution < 1.29 is 19.1 Å². The standard InChI is InChI=1S/C30H36N2O4/c1-4-5-19-31-30(34)26(20-24-14-7-6-8-15-24)32(21-25-16-10-9-13-23(25)2)29(33)22-36-28-18-12-11-17-27(28)35-3/h6-18,26H,4-5,19-22H2,1-3H3,(H,31,34). The Labute approximate surface area is 214 Å². The van der Waals surface area contributed by atoms with Crippen LogP contribution in [0.3, 0.4) is 0 Å². The fourth-order valence-corrected chi connectivity index (χ4v) is 3.99. The van der Waals surface area contributed by atoms with E-state index in [-0.39, 0.29) is 18.4 Å². The van der Waals surface area contributed by atoms with Crippen molar-refractivity contribution in [2.75, 3.05) is 20.3 Å². The van der Waals surface area contributed by atoms with Crippen molar-refractivity contribution in [3.05, 3.63) is 95.6 Å². The molecule has 1 atom stereocenters. The molecule has 0 radical (unpaired) electrons. The Balaban J connectivity index is 1.91. The molecule has 6 nitrogen and oxygen atoms in total. The summed E-state index contributed by atoms with van der Waals surface area (Å²) in [6.07, 6.45) is 2.26. The zero-order chi connectivity index (χ0) is 25.8. The summed E-state index contributed by atoms with van der Waals surface area (Å²) in [6, 6.07) is 24.2. The Morgan fingerprint density at radius 3 is 2.28 bits per heavy atom. The number of methoxy groups -OCH3 is 1. The van der Waals surface area contributed by atoms with Gasteiger partial charge in [0.25, 0.3) is 5.91 Å². The van der Waals surface area contributed by atoms with Gasteiger partial charge in [0.1, 0.15) is 6.04 Å². The minimum absolute atomic E-state index is 0.161. The third-order valence-corrected chi connectivity index (χ3v) is 6.12. The van der Waals surface area contributed by atoms with Gasteiger partial charge < -0.3 is 19.7 Å². The average Bonchev–Trinajstić information content (AvgIpc) is 2.91. The summed E-state index contributed by atoms with van der Waals surface area (Å²) in [4.78, 5) is 28.8. The van der Waals surface area contributed by atoms with Crippen LogP contribution in [0.15, 0.2) is 78.9 Å². The van der Waals surface area contributed by atoms with Crippen LogP contribution in [0.4, 0.5) is 0 Å². The molecule has 2 amide bonds. The molecule has 1 N–H and O–H groups in total. The van der Waals surface area contributed by atoms with Crippen LogP contribution >= 0.6 is 0 Å². The second-order valence-electron chi connectivity index (χ2n) is 8.74. The molecule has 190 valence electrons. The van der Waals surface area contributed by atoms with Gasteiger partial charge in [-0.25, -0.2) is 0 Å². The maximum absolute atomic E-state index is 13.7. The molecule has 3 rings (SSSR count). The molecule has 0 aliphatic heterocycles. The third kappa shape index (κ3) is 7.60. The maximum Gasteiger partial charge on any atom is 0.261 e. The molecule has 0 saturated carbocycles. The van der Waals surface area contributed by atoms with Gasteiger partial charge in [-0.05, 0) is 42.2 Å². The van der Waals surface area contributed by atoms with E-state index in [9.17, 15) is 9.59 Å². The number of unbranched alkanes of at least 4 members (excludes halogenated alkanes) is 1. The lowest BCUT2D eigenvalue weighted by atomic mass is 10.0. The lowest BCUT2D eigenvalue weighted by Gasteiger charge is -2.32. The van der Waals surface area contributed by atoms with Gasteiger partial charge in [0.05, 0.1) is 7.11 Å². The summed E-state index contributed by atoms with van der Waals surface area (Å²) >= 11 is 0. The molecular formula is C30H36N2O4. The number of nitrogens with zero attached hydrogens (tertiary/aromatic N) is 1. The van der Waals surface area contributed by atoms with Gasteiger partial charge in [0.2, 0.25) is 5.91 Å². The van der Waals surface area contributed by atoms with Crippen LogP contribution in [0.25, 0.3) is 0 Å². The number of benzene rings is 3. The molecule has 0 spiro atoms. The maximum atomic E-state index is 13.7. The Kier molecular flexibility index (Phi) is 10.4. The van der Waals surface area contributed by atoms with E-state index in [1.807, 2.05) is 73.7 Å². The summed E-state index contributed by atoms with van der Waals surface area (Å²) in [7, 11) is 1.56.